The summed E-state index contributed by atoms with van der Waals surface area (Å²) in [5, 5.41) is 7.93. The molecule has 0 aliphatic heterocycles. The summed E-state index contributed by atoms with van der Waals surface area (Å²) in [7, 11) is 0. The Bertz CT molecular complexity index is 506. The minimum atomic E-state index is -0.668. The zero-order chi connectivity index (χ0) is 12.4. The molecule has 90 valence electrons. The summed E-state index contributed by atoms with van der Waals surface area (Å²) >= 11 is 5.97. The number of rotatable bonds is 3. The van der Waals surface area contributed by atoms with Gasteiger partial charge in [0, 0.05) is 17.1 Å². The third-order valence-electron chi connectivity index (χ3n) is 2.58. The average molecular weight is 255 g/mol. The Morgan fingerprint density at radius 1 is 1.53 bits per heavy atom. The monoisotopic (exact) mass is 254 g/mol. The molecule has 0 spiro atoms. The van der Waals surface area contributed by atoms with E-state index in [2.05, 4.69) is 10.3 Å². The third kappa shape index (κ3) is 2.16. The molecule has 1 atom stereocenters. The highest BCUT2D eigenvalue weighted by Gasteiger charge is 2.20. The number of hydrogen-bond acceptors (Lipinski definition) is 3. The molecule has 1 aromatic heterocycles. The average Bonchev–Trinajstić information content (AvgIpc) is 2.76. The van der Waals surface area contributed by atoms with Gasteiger partial charge in [0.15, 0.2) is 0 Å². The van der Waals surface area contributed by atoms with Crippen LogP contribution >= 0.6 is 11.6 Å². The molecule has 0 amide bonds. The van der Waals surface area contributed by atoms with E-state index in [0.717, 1.165) is 0 Å². The second-order valence-corrected chi connectivity index (χ2v) is 3.99. The van der Waals surface area contributed by atoms with Crippen LogP contribution in [0.4, 0.5) is 4.39 Å². The molecular weight excluding hydrogens is 243 g/mol. The van der Waals surface area contributed by atoms with E-state index in [0.29, 0.717) is 17.3 Å². The van der Waals surface area contributed by atoms with Crippen LogP contribution in [0.25, 0.3) is 0 Å². The lowest BCUT2D eigenvalue weighted by atomic mass is 10.0. The highest BCUT2D eigenvalue weighted by Crippen LogP contribution is 2.28. The molecule has 1 unspecified atom stereocenters. The summed E-state index contributed by atoms with van der Waals surface area (Å²) in [6.45, 7) is 2.53. The maximum atomic E-state index is 13.7. The molecule has 6 heteroatoms. The summed E-state index contributed by atoms with van der Waals surface area (Å²) in [6.07, 6.45) is 1.52. The first-order chi connectivity index (χ1) is 8.15. The zero-order valence-electron chi connectivity index (χ0n) is 9.27. The largest absolute Gasteiger partial charge is 0.319 e. The molecule has 0 fully saturated rings. The van der Waals surface area contributed by atoms with Gasteiger partial charge in [0.1, 0.15) is 5.82 Å². The fourth-order valence-electron chi connectivity index (χ4n) is 1.71. The van der Waals surface area contributed by atoms with Crippen LogP contribution in [0.3, 0.4) is 0 Å². The molecule has 1 heterocycles. The Morgan fingerprint density at radius 3 is 2.94 bits per heavy atom. The normalized spacial score (nSPS) is 12.7. The van der Waals surface area contributed by atoms with Crippen molar-refractivity contribution in [2.45, 2.75) is 19.5 Å². The summed E-state index contributed by atoms with van der Waals surface area (Å²) in [4.78, 5) is 0. The van der Waals surface area contributed by atoms with Gasteiger partial charge in [-0.25, -0.2) is 9.07 Å². The minimum Gasteiger partial charge on any atom is -0.319 e. The van der Waals surface area contributed by atoms with E-state index in [4.69, 9.17) is 17.3 Å². The van der Waals surface area contributed by atoms with Gasteiger partial charge in [0.05, 0.1) is 17.9 Å². The molecule has 2 N–H and O–H groups in total. The summed E-state index contributed by atoms with van der Waals surface area (Å²) in [5.41, 5.74) is 6.92. The molecule has 0 aliphatic rings. The molecule has 0 bridgehead atoms. The van der Waals surface area contributed by atoms with Gasteiger partial charge in [-0.15, -0.1) is 5.10 Å². The number of hydrogen-bond donors (Lipinski definition) is 1. The topological polar surface area (TPSA) is 56.7 Å². The maximum Gasteiger partial charge on any atom is 0.129 e. The van der Waals surface area contributed by atoms with Gasteiger partial charge in [0.2, 0.25) is 0 Å². The Labute approximate surface area is 103 Å². The molecular formula is C11H12ClFN4. The van der Waals surface area contributed by atoms with Crippen molar-refractivity contribution in [1.82, 2.24) is 15.0 Å². The Kier molecular flexibility index (Phi) is 3.40. The summed E-state index contributed by atoms with van der Waals surface area (Å²) in [6, 6.07) is 3.82. The van der Waals surface area contributed by atoms with Crippen LogP contribution in [0.15, 0.2) is 24.4 Å². The van der Waals surface area contributed by atoms with E-state index in [1.54, 1.807) is 16.8 Å². The van der Waals surface area contributed by atoms with E-state index in [-0.39, 0.29) is 5.56 Å². The molecule has 0 saturated carbocycles. The van der Waals surface area contributed by atoms with Gasteiger partial charge < -0.3 is 5.73 Å². The van der Waals surface area contributed by atoms with Gasteiger partial charge in [-0.05, 0) is 19.1 Å². The molecule has 0 saturated heterocycles. The van der Waals surface area contributed by atoms with Crippen LogP contribution in [0.2, 0.25) is 5.02 Å². The summed E-state index contributed by atoms with van der Waals surface area (Å²) in [5.74, 6) is -0.422. The third-order valence-corrected chi connectivity index (χ3v) is 2.91. The molecule has 2 rings (SSSR count). The van der Waals surface area contributed by atoms with Crippen LogP contribution < -0.4 is 5.73 Å². The summed E-state index contributed by atoms with van der Waals surface area (Å²) < 4.78 is 15.3. The quantitative estimate of drug-likeness (QED) is 0.913. The van der Waals surface area contributed by atoms with Crippen molar-refractivity contribution in [1.29, 1.82) is 0 Å². The number of aryl methyl sites for hydroxylation is 1. The van der Waals surface area contributed by atoms with Gasteiger partial charge in [0.25, 0.3) is 0 Å². The van der Waals surface area contributed by atoms with Crippen LogP contribution in [-0.2, 0) is 6.54 Å². The Hall–Kier alpha value is -1.46. The number of nitrogens with two attached hydrogens (primary N) is 1. The van der Waals surface area contributed by atoms with Crippen molar-refractivity contribution in [3.05, 3.63) is 46.5 Å². The van der Waals surface area contributed by atoms with Crippen LogP contribution in [0.1, 0.15) is 24.2 Å². The predicted octanol–water partition coefficient (Wildman–Crippen LogP) is 2.14. The fourth-order valence-corrected chi connectivity index (χ4v) is 1.99. The van der Waals surface area contributed by atoms with Crippen molar-refractivity contribution in [2.75, 3.05) is 0 Å². The highest BCUT2D eigenvalue weighted by atomic mass is 35.5. The van der Waals surface area contributed by atoms with Gasteiger partial charge >= 0.3 is 0 Å². The van der Waals surface area contributed by atoms with Crippen LogP contribution in [0, 0.1) is 5.82 Å². The first-order valence-electron chi connectivity index (χ1n) is 5.23. The van der Waals surface area contributed by atoms with Crippen molar-refractivity contribution in [3.63, 3.8) is 0 Å². The maximum absolute atomic E-state index is 13.7. The standard InChI is InChI=1S/C11H12ClFN4/c1-2-17-9(6-15-16-17)11(14)10-7(12)4-3-5-8(10)13/h3-6,11H,2,14H2,1H3. The molecule has 17 heavy (non-hydrogen) atoms. The second-order valence-electron chi connectivity index (χ2n) is 3.59. The van der Waals surface area contributed by atoms with Crippen molar-refractivity contribution < 1.29 is 4.39 Å². The first kappa shape index (κ1) is 12.0. The smallest absolute Gasteiger partial charge is 0.129 e. The van der Waals surface area contributed by atoms with Crippen molar-refractivity contribution >= 4 is 11.6 Å². The van der Waals surface area contributed by atoms with E-state index in [9.17, 15) is 4.39 Å². The van der Waals surface area contributed by atoms with Crippen molar-refractivity contribution in [3.8, 4) is 0 Å². The molecule has 4 nitrogen and oxygen atoms in total. The Morgan fingerprint density at radius 2 is 2.29 bits per heavy atom. The molecule has 0 aliphatic carbocycles. The van der Waals surface area contributed by atoms with E-state index in [1.165, 1.54) is 12.3 Å². The molecule has 0 radical (unpaired) electrons. The number of halogens is 2. The number of nitrogens with zero attached hydrogens (tertiary/aromatic N) is 3. The minimum absolute atomic E-state index is 0.270. The van der Waals surface area contributed by atoms with Crippen LogP contribution in [0.5, 0.6) is 0 Å². The van der Waals surface area contributed by atoms with E-state index < -0.39 is 11.9 Å². The SMILES string of the molecule is CCn1nncc1C(N)c1c(F)cccc1Cl. The first-order valence-corrected chi connectivity index (χ1v) is 5.60. The highest BCUT2D eigenvalue weighted by molar-refractivity contribution is 6.31. The lowest BCUT2D eigenvalue weighted by Crippen LogP contribution is -2.18. The number of aromatic nitrogens is 3. The lowest BCUT2D eigenvalue weighted by molar-refractivity contribution is 0.560. The van der Waals surface area contributed by atoms with Gasteiger partial charge in [-0.1, -0.05) is 22.9 Å². The van der Waals surface area contributed by atoms with E-state index >= 15 is 0 Å². The van der Waals surface area contributed by atoms with Crippen LogP contribution in [-0.4, -0.2) is 15.0 Å². The van der Waals surface area contributed by atoms with Gasteiger partial charge in [-0.3, -0.25) is 0 Å². The molecule has 2 aromatic rings. The number of benzene rings is 1. The Balaban J connectivity index is 2.47. The zero-order valence-corrected chi connectivity index (χ0v) is 10.0. The molecule has 1 aromatic carbocycles. The fraction of sp³-hybridized carbons (Fsp3) is 0.273. The predicted molar refractivity (Wildman–Crippen MR) is 63.1 cm³/mol. The van der Waals surface area contributed by atoms with Gasteiger partial charge in [-0.2, -0.15) is 0 Å². The lowest BCUT2D eigenvalue weighted by Gasteiger charge is -2.15. The second kappa shape index (κ2) is 4.81. The van der Waals surface area contributed by atoms with E-state index in [1.807, 2.05) is 6.92 Å². The van der Waals surface area contributed by atoms with Crippen molar-refractivity contribution in [2.24, 2.45) is 5.73 Å².